The van der Waals surface area contributed by atoms with E-state index in [1.165, 1.54) is 23.5 Å². The fourth-order valence-electron chi connectivity index (χ4n) is 3.11. The number of benzene rings is 2. The molecule has 0 atom stereocenters. The molecule has 2 aromatic carbocycles. The highest BCUT2D eigenvalue weighted by molar-refractivity contribution is 7.22. The third kappa shape index (κ3) is 4.06. The van der Waals surface area contributed by atoms with Crippen molar-refractivity contribution in [2.45, 2.75) is 0 Å². The van der Waals surface area contributed by atoms with Gasteiger partial charge >= 0.3 is 0 Å². The van der Waals surface area contributed by atoms with Gasteiger partial charge < -0.3 is 14.8 Å². The number of hydrogen-bond acceptors (Lipinski definition) is 8. The van der Waals surface area contributed by atoms with Crippen molar-refractivity contribution in [3.8, 4) is 28.8 Å². The zero-order chi connectivity index (χ0) is 21.9. The molecule has 158 valence electrons. The predicted molar refractivity (Wildman–Crippen MR) is 121 cm³/mol. The molecule has 0 saturated carbocycles. The predicted octanol–water partition coefficient (Wildman–Crippen LogP) is 5.83. The van der Waals surface area contributed by atoms with E-state index in [2.05, 4.69) is 25.3 Å². The van der Waals surface area contributed by atoms with Crippen molar-refractivity contribution < 1.29 is 13.9 Å². The summed E-state index contributed by atoms with van der Waals surface area (Å²) in [6.45, 7) is 0. The number of anilines is 2. The van der Waals surface area contributed by atoms with E-state index >= 15 is 0 Å². The fourth-order valence-corrected chi connectivity index (χ4v) is 3.98. The highest BCUT2D eigenvalue weighted by atomic mass is 32.1. The topological polar surface area (TPSA) is 82.1 Å². The zero-order valence-corrected chi connectivity index (χ0v) is 17.6. The minimum atomic E-state index is -0.303. The number of aromatic nitrogens is 4. The van der Waals surface area contributed by atoms with Crippen LogP contribution in [0.15, 0.2) is 73.2 Å². The molecule has 5 aromatic rings. The average Bonchev–Trinajstić information content (AvgIpc) is 3.22. The number of methoxy groups -OCH3 is 1. The Balaban J connectivity index is 1.36. The molecule has 0 amide bonds. The van der Waals surface area contributed by atoms with Gasteiger partial charge in [-0.2, -0.15) is 0 Å². The molecule has 0 bridgehead atoms. The summed E-state index contributed by atoms with van der Waals surface area (Å²) < 4.78 is 25.6. The van der Waals surface area contributed by atoms with Gasteiger partial charge in [0.15, 0.2) is 5.13 Å². The molecule has 5 rings (SSSR count). The lowest BCUT2D eigenvalue weighted by molar-refractivity contribution is 0.398. The first-order chi connectivity index (χ1) is 15.7. The molecule has 1 N–H and O–H groups in total. The molecule has 7 nitrogen and oxygen atoms in total. The monoisotopic (exact) mass is 445 g/mol. The summed E-state index contributed by atoms with van der Waals surface area (Å²) in [5, 5.41) is 3.91. The number of ether oxygens (including phenoxy) is 2. The largest absolute Gasteiger partial charge is 0.481 e. The molecular formula is C23H16FN5O2S. The number of hydrogen-bond donors (Lipinski definition) is 1. The number of rotatable bonds is 6. The van der Waals surface area contributed by atoms with Crippen LogP contribution in [0.25, 0.3) is 21.5 Å². The van der Waals surface area contributed by atoms with Crippen LogP contribution in [0.2, 0.25) is 0 Å². The molecule has 0 saturated heterocycles. The first-order valence-electron chi connectivity index (χ1n) is 9.61. The molecule has 0 aliphatic rings. The number of nitrogens with zero attached hydrogens (tertiary/aromatic N) is 4. The lowest BCUT2D eigenvalue weighted by Gasteiger charge is -2.11. The summed E-state index contributed by atoms with van der Waals surface area (Å²) in [4.78, 5) is 17.4. The Bertz CT molecular complexity index is 1390. The van der Waals surface area contributed by atoms with E-state index in [0.29, 0.717) is 39.4 Å². The lowest BCUT2D eigenvalue weighted by Crippen LogP contribution is -1.97. The van der Waals surface area contributed by atoms with Gasteiger partial charge in [-0.15, -0.1) is 0 Å². The summed E-state index contributed by atoms with van der Waals surface area (Å²) >= 11 is 1.45. The van der Waals surface area contributed by atoms with Crippen molar-refractivity contribution in [2.75, 3.05) is 12.4 Å². The first-order valence-corrected chi connectivity index (χ1v) is 10.4. The SMILES string of the molecule is COc1ncccc1-c1nccnc1Oc1ccc(Nc2nc3cc(F)ccc3s2)cc1. The van der Waals surface area contributed by atoms with Crippen LogP contribution in [0, 0.1) is 5.82 Å². The van der Waals surface area contributed by atoms with Crippen molar-refractivity contribution in [1.29, 1.82) is 0 Å². The third-order valence-electron chi connectivity index (χ3n) is 4.55. The number of thiazole rings is 1. The van der Waals surface area contributed by atoms with Gasteiger partial charge in [0, 0.05) is 30.3 Å². The molecule has 0 spiro atoms. The maximum absolute atomic E-state index is 13.4. The molecular weight excluding hydrogens is 429 g/mol. The minimum absolute atomic E-state index is 0.303. The van der Waals surface area contributed by atoms with Gasteiger partial charge in [-0.3, -0.25) is 0 Å². The average molecular weight is 445 g/mol. The maximum atomic E-state index is 13.4. The van der Waals surface area contributed by atoms with E-state index in [4.69, 9.17) is 9.47 Å². The van der Waals surface area contributed by atoms with Crippen LogP contribution in [0.5, 0.6) is 17.5 Å². The van der Waals surface area contributed by atoms with E-state index in [9.17, 15) is 4.39 Å². The molecule has 0 aliphatic carbocycles. The van der Waals surface area contributed by atoms with Gasteiger partial charge in [-0.1, -0.05) is 11.3 Å². The number of nitrogens with one attached hydrogen (secondary N) is 1. The molecule has 0 radical (unpaired) electrons. The van der Waals surface area contributed by atoms with E-state index in [1.54, 1.807) is 37.8 Å². The van der Waals surface area contributed by atoms with Crippen molar-refractivity contribution >= 4 is 32.4 Å². The second kappa shape index (κ2) is 8.56. The number of halogens is 1. The summed E-state index contributed by atoms with van der Waals surface area (Å²) in [5.74, 6) is 1.07. The zero-order valence-electron chi connectivity index (χ0n) is 16.8. The second-order valence-electron chi connectivity index (χ2n) is 6.65. The Morgan fingerprint density at radius 1 is 0.906 bits per heavy atom. The summed E-state index contributed by atoms with van der Waals surface area (Å²) in [6, 6.07) is 15.6. The Morgan fingerprint density at radius 2 is 1.72 bits per heavy atom. The first kappa shape index (κ1) is 19.8. The van der Waals surface area contributed by atoms with Gasteiger partial charge in [0.25, 0.3) is 0 Å². The van der Waals surface area contributed by atoms with Crippen LogP contribution in [0.1, 0.15) is 0 Å². The molecule has 9 heteroatoms. The Morgan fingerprint density at radius 3 is 2.56 bits per heavy atom. The van der Waals surface area contributed by atoms with Crippen LogP contribution >= 0.6 is 11.3 Å². The Hall–Kier alpha value is -4.11. The summed E-state index contributed by atoms with van der Waals surface area (Å²) in [5.41, 5.74) is 2.66. The van der Waals surface area contributed by atoms with Gasteiger partial charge in [0.1, 0.15) is 17.3 Å². The van der Waals surface area contributed by atoms with Gasteiger partial charge in [-0.25, -0.2) is 24.3 Å². The Kier molecular flexibility index (Phi) is 5.30. The quantitative estimate of drug-likeness (QED) is 0.352. The van der Waals surface area contributed by atoms with Crippen LogP contribution in [-0.4, -0.2) is 27.0 Å². The van der Waals surface area contributed by atoms with Gasteiger partial charge in [0.05, 0.1) is 22.9 Å². The van der Waals surface area contributed by atoms with Crippen LogP contribution in [0.4, 0.5) is 15.2 Å². The molecule has 0 unspecified atom stereocenters. The maximum Gasteiger partial charge on any atom is 0.246 e. The standard InChI is InChI=1S/C23H16FN5O2S/c1-30-21-17(3-2-10-26-21)20-22(27-12-11-25-20)31-16-7-5-15(6-8-16)28-23-29-18-13-14(24)4-9-19(18)32-23/h2-13H,1H3,(H,28,29). The van der Waals surface area contributed by atoms with Crippen molar-refractivity contribution in [2.24, 2.45) is 0 Å². The van der Waals surface area contributed by atoms with Gasteiger partial charge in [0.2, 0.25) is 11.8 Å². The van der Waals surface area contributed by atoms with Crippen molar-refractivity contribution in [3.63, 3.8) is 0 Å². The fraction of sp³-hybridized carbons (Fsp3) is 0.0435. The van der Waals surface area contributed by atoms with Crippen LogP contribution in [0.3, 0.4) is 0 Å². The van der Waals surface area contributed by atoms with E-state index in [1.807, 2.05) is 30.3 Å². The normalized spacial score (nSPS) is 10.8. The third-order valence-corrected chi connectivity index (χ3v) is 5.51. The van der Waals surface area contributed by atoms with Crippen molar-refractivity contribution in [1.82, 2.24) is 19.9 Å². The molecule has 3 heterocycles. The minimum Gasteiger partial charge on any atom is -0.481 e. The molecule has 0 fully saturated rings. The number of pyridine rings is 1. The van der Waals surface area contributed by atoms with E-state index < -0.39 is 0 Å². The molecule has 3 aromatic heterocycles. The van der Waals surface area contributed by atoms with Crippen molar-refractivity contribution in [3.05, 3.63) is 79.0 Å². The van der Waals surface area contributed by atoms with Crippen LogP contribution in [-0.2, 0) is 0 Å². The highest BCUT2D eigenvalue weighted by Gasteiger charge is 2.15. The van der Waals surface area contributed by atoms with E-state index in [0.717, 1.165) is 10.4 Å². The van der Waals surface area contributed by atoms with E-state index in [-0.39, 0.29) is 5.82 Å². The highest BCUT2D eigenvalue weighted by Crippen LogP contribution is 2.34. The lowest BCUT2D eigenvalue weighted by atomic mass is 10.2. The smallest absolute Gasteiger partial charge is 0.246 e. The molecule has 32 heavy (non-hydrogen) atoms. The van der Waals surface area contributed by atoms with Crippen LogP contribution < -0.4 is 14.8 Å². The number of fused-ring (bicyclic) bond motifs is 1. The summed E-state index contributed by atoms with van der Waals surface area (Å²) in [7, 11) is 1.55. The molecule has 0 aliphatic heterocycles. The summed E-state index contributed by atoms with van der Waals surface area (Å²) in [6.07, 6.45) is 4.80. The second-order valence-corrected chi connectivity index (χ2v) is 7.68. The Labute approximate surface area is 186 Å². The van der Waals surface area contributed by atoms with Gasteiger partial charge in [-0.05, 0) is 48.5 Å².